The molecule has 10 atom stereocenters. The molecule has 1 aliphatic heterocycles. The molecule has 0 aromatic rings. The van der Waals surface area contributed by atoms with Crippen LogP contribution in [0.4, 0.5) is 0 Å². The highest BCUT2D eigenvalue weighted by Crippen LogP contribution is 2.81. The fourth-order valence-corrected chi connectivity index (χ4v) is 9.11. The van der Waals surface area contributed by atoms with E-state index in [-0.39, 0.29) is 35.1 Å². The quantitative estimate of drug-likeness (QED) is 0.523. The topological polar surface area (TPSA) is 102 Å². The Hall–Kier alpha value is -1.47. The van der Waals surface area contributed by atoms with Crippen molar-refractivity contribution in [1.29, 1.82) is 0 Å². The third kappa shape index (κ3) is 2.53. The van der Waals surface area contributed by atoms with Crippen LogP contribution < -0.4 is 0 Å². The molecule has 4 saturated carbocycles. The zero-order chi connectivity index (χ0) is 23.3. The van der Waals surface area contributed by atoms with Crippen molar-refractivity contribution in [3.63, 3.8) is 0 Å². The number of esters is 2. The Bertz CT molecular complexity index is 870. The number of Topliss-reactive ketones (excluding diaryl/α,β-unsaturated/α-hetero) is 1. The monoisotopic (exact) mass is 448 g/mol. The Morgan fingerprint density at radius 3 is 2.25 bits per heavy atom. The molecule has 7 nitrogen and oxygen atoms in total. The van der Waals surface area contributed by atoms with Gasteiger partial charge < -0.3 is 19.3 Å². The molecule has 2 spiro atoms. The Kier molecular flexibility index (Phi) is 4.73. The summed E-state index contributed by atoms with van der Waals surface area (Å²) in [7, 11) is 0. The van der Waals surface area contributed by atoms with Gasteiger partial charge in [-0.1, -0.05) is 13.8 Å². The number of hydrogen-bond donors (Lipinski definition) is 1. The van der Waals surface area contributed by atoms with Crippen LogP contribution in [-0.2, 0) is 28.6 Å². The third-order valence-electron chi connectivity index (χ3n) is 10.3. The molecule has 5 rings (SSSR count). The van der Waals surface area contributed by atoms with E-state index in [9.17, 15) is 19.5 Å². The maximum absolute atomic E-state index is 12.8. The second-order valence-corrected chi connectivity index (χ2v) is 11.6. The number of aliphatic hydroxyl groups is 1. The summed E-state index contributed by atoms with van der Waals surface area (Å²) in [5.74, 6) is -0.973. The molecule has 0 radical (unpaired) electrons. The molecule has 178 valence electrons. The minimum absolute atomic E-state index is 0.0629. The first-order chi connectivity index (χ1) is 14.9. The molecule has 0 aromatic heterocycles. The fourth-order valence-electron chi connectivity index (χ4n) is 9.11. The largest absolute Gasteiger partial charge is 0.458 e. The zero-order valence-corrected chi connectivity index (χ0v) is 19.8. The molecule has 1 saturated heterocycles. The van der Waals surface area contributed by atoms with Crippen LogP contribution in [0.2, 0.25) is 0 Å². The van der Waals surface area contributed by atoms with E-state index in [2.05, 4.69) is 6.92 Å². The zero-order valence-electron chi connectivity index (χ0n) is 19.8. The Morgan fingerprint density at radius 2 is 1.62 bits per heavy atom. The van der Waals surface area contributed by atoms with Gasteiger partial charge in [0.1, 0.15) is 29.2 Å². The molecule has 1 N–H and O–H groups in total. The van der Waals surface area contributed by atoms with E-state index in [0.29, 0.717) is 12.8 Å². The predicted molar refractivity (Wildman–Crippen MR) is 113 cm³/mol. The number of carbonyl (C=O) groups is 3. The highest BCUT2D eigenvalue weighted by molar-refractivity contribution is 5.81. The van der Waals surface area contributed by atoms with E-state index < -0.39 is 40.8 Å². The van der Waals surface area contributed by atoms with Gasteiger partial charge in [-0.05, 0) is 63.2 Å². The van der Waals surface area contributed by atoms with Crippen molar-refractivity contribution in [3.05, 3.63) is 0 Å². The average molecular weight is 449 g/mol. The summed E-state index contributed by atoms with van der Waals surface area (Å²) in [6.07, 6.45) is 3.69. The smallest absolute Gasteiger partial charge is 0.303 e. The van der Waals surface area contributed by atoms with Crippen LogP contribution in [0, 0.1) is 28.6 Å². The van der Waals surface area contributed by atoms with Crippen molar-refractivity contribution < 1.29 is 33.7 Å². The SMILES string of the molecule is CC(=O)O[C@@H]1[C@@H](OC(C)=O)[C@]2(C)[C@H](C(C)=O)CC[C@@]23O[C@]32CC[C@H]3C[C@@H](O)CC[C@]3(C)[C@@H]12. The molecule has 0 aromatic carbocycles. The lowest BCUT2D eigenvalue weighted by Gasteiger charge is -2.61. The first kappa shape index (κ1) is 22.3. The van der Waals surface area contributed by atoms with E-state index >= 15 is 0 Å². The van der Waals surface area contributed by atoms with Gasteiger partial charge in [-0.25, -0.2) is 0 Å². The average Bonchev–Trinajstić information content (AvgIpc) is 3.23. The standard InChI is InChI=1S/C25H36O7/c1-13(26)18-8-11-25-23(18,5)21(31-15(3)28)19(30-14(2)27)20-22(4)9-7-17(29)12-16(22)6-10-24(20,25)32-25/h16-21,29H,6-12H2,1-5H3/t16-,17-,18-,19-,20+,21+,22-,23-,24-,25+/m0/s1. The summed E-state index contributed by atoms with van der Waals surface area (Å²) >= 11 is 0. The molecule has 1 heterocycles. The first-order valence-electron chi connectivity index (χ1n) is 12.2. The van der Waals surface area contributed by atoms with Crippen LogP contribution in [0.3, 0.4) is 0 Å². The Balaban J connectivity index is 1.69. The summed E-state index contributed by atoms with van der Waals surface area (Å²) in [6.45, 7) is 8.62. The number of ketones is 1. The number of ether oxygens (including phenoxy) is 3. The normalized spacial score (nSPS) is 53.2. The molecular formula is C25H36O7. The van der Waals surface area contributed by atoms with Gasteiger partial charge in [0.25, 0.3) is 0 Å². The molecule has 32 heavy (non-hydrogen) atoms. The number of aliphatic hydroxyl groups excluding tert-OH is 1. The number of hydrogen-bond acceptors (Lipinski definition) is 7. The summed E-state index contributed by atoms with van der Waals surface area (Å²) in [4.78, 5) is 37.4. The summed E-state index contributed by atoms with van der Waals surface area (Å²) in [5.41, 5.74) is -2.01. The lowest BCUT2D eigenvalue weighted by Crippen LogP contribution is -2.70. The Labute approximate surface area is 189 Å². The van der Waals surface area contributed by atoms with E-state index in [0.717, 1.165) is 32.1 Å². The van der Waals surface area contributed by atoms with Gasteiger partial charge in [0.05, 0.1) is 6.10 Å². The second kappa shape index (κ2) is 6.78. The van der Waals surface area contributed by atoms with Gasteiger partial charge in [-0.2, -0.15) is 0 Å². The van der Waals surface area contributed by atoms with E-state index in [1.54, 1.807) is 6.92 Å². The number of carbonyl (C=O) groups excluding carboxylic acids is 3. The molecule has 4 aliphatic carbocycles. The molecular weight excluding hydrogens is 412 g/mol. The van der Waals surface area contributed by atoms with E-state index in [1.165, 1.54) is 13.8 Å². The fraction of sp³-hybridized carbons (Fsp3) is 0.880. The van der Waals surface area contributed by atoms with Gasteiger partial charge in [0, 0.05) is 31.1 Å². The van der Waals surface area contributed by atoms with E-state index in [4.69, 9.17) is 14.2 Å². The van der Waals surface area contributed by atoms with Crippen molar-refractivity contribution >= 4 is 17.7 Å². The number of fused-ring (bicyclic) bond motifs is 2. The van der Waals surface area contributed by atoms with E-state index in [1.807, 2.05) is 6.92 Å². The molecule has 0 unspecified atom stereocenters. The minimum Gasteiger partial charge on any atom is -0.458 e. The summed E-state index contributed by atoms with van der Waals surface area (Å²) < 4.78 is 18.9. The van der Waals surface area contributed by atoms with Crippen molar-refractivity contribution in [2.75, 3.05) is 0 Å². The maximum atomic E-state index is 12.8. The lowest BCUT2D eigenvalue weighted by molar-refractivity contribution is -0.224. The van der Waals surface area contributed by atoms with Gasteiger partial charge in [0.15, 0.2) is 0 Å². The van der Waals surface area contributed by atoms with Crippen molar-refractivity contribution in [3.8, 4) is 0 Å². The first-order valence-corrected chi connectivity index (χ1v) is 12.2. The van der Waals surface area contributed by atoms with Gasteiger partial charge in [-0.15, -0.1) is 0 Å². The molecule has 0 bridgehead atoms. The van der Waals surface area contributed by atoms with Crippen molar-refractivity contribution in [1.82, 2.24) is 0 Å². The molecule has 7 heteroatoms. The predicted octanol–water partition coefficient (Wildman–Crippen LogP) is 2.95. The van der Waals surface area contributed by atoms with Crippen LogP contribution >= 0.6 is 0 Å². The third-order valence-corrected chi connectivity index (χ3v) is 10.3. The van der Waals surface area contributed by atoms with Crippen LogP contribution in [-0.4, -0.2) is 52.3 Å². The van der Waals surface area contributed by atoms with Crippen LogP contribution in [0.1, 0.15) is 79.6 Å². The van der Waals surface area contributed by atoms with Crippen molar-refractivity contribution in [2.45, 2.75) is 109 Å². The highest BCUT2D eigenvalue weighted by atomic mass is 16.7. The number of epoxide rings is 1. The van der Waals surface area contributed by atoms with Gasteiger partial charge >= 0.3 is 11.9 Å². The van der Waals surface area contributed by atoms with Crippen LogP contribution in [0.5, 0.6) is 0 Å². The van der Waals surface area contributed by atoms with Crippen LogP contribution in [0.15, 0.2) is 0 Å². The minimum atomic E-state index is -0.751. The maximum Gasteiger partial charge on any atom is 0.303 e. The Morgan fingerprint density at radius 1 is 0.938 bits per heavy atom. The highest BCUT2D eigenvalue weighted by Gasteiger charge is 2.91. The molecule has 5 fully saturated rings. The van der Waals surface area contributed by atoms with Crippen molar-refractivity contribution in [2.24, 2.45) is 28.6 Å². The van der Waals surface area contributed by atoms with Crippen LogP contribution in [0.25, 0.3) is 0 Å². The van der Waals surface area contributed by atoms with Gasteiger partial charge in [0.2, 0.25) is 0 Å². The summed E-state index contributed by atoms with van der Waals surface area (Å²) in [5, 5.41) is 10.4. The molecule has 0 amide bonds. The summed E-state index contributed by atoms with van der Waals surface area (Å²) in [6, 6.07) is 0. The molecule has 5 aliphatic rings. The van der Waals surface area contributed by atoms with Gasteiger partial charge in [-0.3, -0.25) is 14.4 Å². The second-order valence-electron chi connectivity index (χ2n) is 11.6. The lowest BCUT2D eigenvalue weighted by atomic mass is 9.43. The number of rotatable bonds is 3.